The zero-order valence-corrected chi connectivity index (χ0v) is 14.6. The van der Waals surface area contributed by atoms with E-state index in [4.69, 9.17) is 0 Å². The monoisotopic (exact) mass is 377 g/mol. The van der Waals surface area contributed by atoms with Gasteiger partial charge >= 0.3 is 0 Å². The van der Waals surface area contributed by atoms with Gasteiger partial charge in [0.25, 0.3) is 0 Å². The molecule has 1 aromatic rings. The van der Waals surface area contributed by atoms with Crippen LogP contribution in [0.4, 0.5) is 4.39 Å². The molecule has 6 heteroatoms. The predicted octanol–water partition coefficient (Wildman–Crippen LogP) is 3.85. The van der Waals surface area contributed by atoms with E-state index < -0.39 is 15.8 Å². The minimum Gasteiger partial charge on any atom is -0.207 e. The molecule has 0 spiro atoms. The molecule has 1 aliphatic carbocycles. The summed E-state index contributed by atoms with van der Waals surface area (Å²) in [4.78, 5) is 0.218. The second-order valence-corrected chi connectivity index (χ2v) is 8.16. The van der Waals surface area contributed by atoms with E-state index in [0.717, 1.165) is 25.7 Å². The zero-order valence-electron chi connectivity index (χ0n) is 12.2. The second-order valence-electron chi connectivity index (χ2n) is 5.51. The number of alkyl halides is 1. The maximum absolute atomic E-state index is 13.2. The summed E-state index contributed by atoms with van der Waals surface area (Å²) in [6.45, 7) is 2.09. The van der Waals surface area contributed by atoms with Gasteiger partial charge in [0.15, 0.2) is 0 Å². The number of sulfonamides is 1. The summed E-state index contributed by atoms with van der Waals surface area (Å²) in [5, 5.41) is 0.600. The van der Waals surface area contributed by atoms with Crippen molar-refractivity contribution in [2.75, 3.05) is 11.9 Å². The summed E-state index contributed by atoms with van der Waals surface area (Å²) in [6, 6.07) is 3.93. The topological polar surface area (TPSA) is 37.4 Å². The van der Waals surface area contributed by atoms with E-state index in [2.05, 4.69) is 15.9 Å². The Morgan fingerprint density at radius 3 is 2.52 bits per heavy atom. The minimum absolute atomic E-state index is 0.0609. The number of aryl methyl sites for hydroxylation is 1. The molecule has 0 aromatic heterocycles. The molecule has 0 bridgehead atoms. The van der Waals surface area contributed by atoms with Crippen LogP contribution in [0.2, 0.25) is 0 Å². The van der Waals surface area contributed by atoms with Crippen molar-refractivity contribution < 1.29 is 12.8 Å². The van der Waals surface area contributed by atoms with Crippen molar-refractivity contribution in [2.24, 2.45) is 0 Å². The van der Waals surface area contributed by atoms with Crippen LogP contribution in [0.3, 0.4) is 0 Å². The van der Waals surface area contributed by atoms with E-state index in [9.17, 15) is 12.8 Å². The van der Waals surface area contributed by atoms with E-state index in [0.29, 0.717) is 17.4 Å². The SMILES string of the molecule is Cc1cc(F)ccc1S(=O)(=O)N(CCBr)C1CCCCC1. The molecular weight excluding hydrogens is 357 g/mol. The van der Waals surface area contributed by atoms with Crippen LogP contribution in [0.15, 0.2) is 23.1 Å². The van der Waals surface area contributed by atoms with Crippen molar-refractivity contribution in [2.45, 2.75) is 50.0 Å². The second kappa shape index (κ2) is 7.20. The lowest BCUT2D eigenvalue weighted by molar-refractivity contribution is 0.263. The highest BCUT2D eigenvalue weighted by Crippen LogP contribution is 2.29. The molecule has 1 aromatic carbocycles. The summed E-state index contributed by atoms with van der Waals surface area (Å²) in [6.07, 6.45) is 5.13. The van der Waals surface area contributed by atoms with Crippen molar-refractivity contribution in [1.82, 2.24) is 4.31 Å². The van der Waals surface area contributed by atoms with Crippen LogP contribution in [-0.2, 0) is 10.0 Å². The molecule has 21 heavy (non-hydrogen) atoms. The van der Waals surface area contributed by atoms with Gasteiger partial charge < -0.3 is 0 Å². The molecule has 0 aliphatic heterocycles. The Labute approximate surface area is 134 Å². The molecular formula is C15H21BrFNO2S. The van der Waals surface area contributed by atoms with Gasteiger partial charge in [-0.25, -0.2) is 12.8 Å². The first-order valence-electron chi connectivity index (χ1n) is 7.31. The highest BCUT2D eigenvalue weighted by atomic mass is 79.9. The van der Waals surface area contributed by atoms with Gasteiger partial charge in [-0.15, -0.1) is 0 Å². The van der Waals surface area contributed by atoms with E-state index in [-0.39, 0.29) is 10.9 Å². The van der Waals surface area contributed by atoms with Gasteiger partial charge in [0, 0.05) is 17.9 Å². The average molecular weight is 378 g/mol. The Kier molecular flexibility index (Phi) is 5.80. The summed E-state index contributed by atoms with van der Waals surface area (Å²) < 4.78 is 40.7. The first-order chi connectivity index (χ1) is 9.96. The van der Waals surface area contributed by atoms with Crippen LogP contribution in [0, 0.1) is 12.7 Å². The minimum atomic E-state index is -3.57. The largest absolute Gasteiger partial charge is 0.243 e. The fraction of sp³-hybridized carbons (Fsp3) is 0.600. The van der Waals surface area contributed by atoms with Crippen LogP contribution in [-0.4, -0.2) is 30.6 Å². The lowest BCUT2D eigenvalue weighted by atomic mass is 9.95. The molecule has 0 unspecified atom stereocenters. The summed E-state index contributed by atoms with van der Waals surface area (Å²) >= 11 is 3.35. The summed E-state index contributed by atoms with van der Waals surface area (Å²) in [7, 11) is -3.57. The normalized spacial score (nSPS) is 17.3. The van der Waals surface area contributed by atoms with Crippen molar-refractivity contribution in [3.8, 4) is 0 Å². The lowest BCUT2D eigenvalue weighted by Gasteiger charge is -2.33. The number of hydrogen-bond acceptors (Lipinski definition) is 2. The van der Waals surface area contributed by atoms with Gasteiger partial charge in [-0.3, -0.25) is 0 Å². The Morgan fingerprint density at radius 2 is 1.95 bits per heavy atom. The van der Waals surface area contributed by atoms with Crippen LogP contribution in [0.1, 0.15) is 37.7 Å². The quantitative estimate of drug-likeness (QED) is 0.730. The van der Waals surface area contributed by atoms with E-state index >= 15 is 0 Å². The third-order valence-electron chi connectivity index (χ3n) is 4.01. The number of rotatable bonds is 5. The Bertz CT molecular complexity index is 585. The molecule has 0 atom stereocenters. The lowest BCUT2D eigenvalue weighted by Crippen LogP contribution is -2.42. The van der Waals surface area contributed by atoms with Gasteiger partial charge in [0.2, 0.25) is 10.0 Å². The Morgan fingerprint density at radius 1 is 1.29 bits per heavy atom. The molecule has 1 fully saturated rings. The van der Waals surface area contributed by atoms with Gasteiger partial charge in [-0.2, -0.15) is 4.31 Å². The summed E-state index contributed by atoms with van der Waals surface area (Å²) in [5.41, 5.74) is 0.463. The molecule has 2 rings (SSSR count). The number of halogens is 2. The first kappa shape index (κ1) is 16.9. The molecule has 0 radical (unpaired) electrons. The maximum atomic E-state index is 13.2. The molecule has 1 aliphatic rings. The van der Waals surface area contributed by atoms with Crippen LogP contribution >= 0.6 is 15.9 Å². The summed E-state index contributed by atoms with van der Waals surface area (Å²) in [5.74, 6) is -0.406. The standard InChI is InChI=1S/C15H21BrFNO2S/c1-12-11-13(17)7-8-15(12)21(19,20)18(10-9-16)14-5-3-2-4-6-14/h7-8,11,14H,2-6,9-10H2,1H3. The van der Waals surface area contributed by atoms with E-state index in [1.54, 1.807) is 11.2 Å². The van der Waals surface area contributed by atoms with Gasteiger partial charge in [-0.1, -0.05) is 35.2 Å². The molecule has 0 amide bonds. The molecule has 3 nitrogen and oxygen atoms in total. The Hall–Kier alpha value is -0.460. The number of hydrogen-bond donors (Lipinski definition) is 0. The van der Waals surface area contributed by atoms with Crippen LogP contribution in [0.25, 0.3) is 0 Å². The van der Waals surface area contributed by atoms with E-state index in [1.165, 1.54) is 24.6 Å². The molecule has 0 N–H and O–H groups in total. The highest BCUT2D eigenvalue weighted by Gasteiger charge is 2.32. The fourth-order valence-electron chi connectivity index (χ4n) is 2.98. The maximum Gasteiger partial charge on any atom is 0.243 e. The fourth-order valence-corrected chi connectivity index (χ4v) is 5.49. The zero-order chi connectivity index (χ0) is 15.5. The Balaban J connectivity index is 2.36. The van der Waals surface area contributed by atoms with Crippen molar-refractivity contribution in [3.63, 3.8) is 0 Å². The third kappa shape index (κ3) is 3.85. The van der Waals surface area contributed by atoms with Crippen molar-refractivity contribution >= 4 is 26.0 Å². The van der Waals surface area contributed by atoms with Gasteiger partial charge in [0.05, 0.1) is 4.90 Å². The number of nitrogens with zero attached hydrogens (tertiary/aromatic N) is 1. The first-order valence-corrected chi connectivity index (χ1v) is 9.87. The van der Waals surface area contributed by atoms with Crippen LogP contribution < -0.4 is 0 Å². The molecule has 0 heterocycles. The van der Waals surface area contributed by atoms with Crippen molar-refractivity contribution in [1.29, 1.82) is 0 Å². The van der Waals surface area contributed by atoms with E-state index in [1.807, 2.05) is 0 Å². The number of benzene rings is 1. The van der Waals surface area contributed by atoms with Crippen molar-refractivity contribution in [3.05, 3.63) is 29.6 Å². The smallest absolute Gasteiger partial charge is 0.207 e. The molecule has 0 saturated heterocycles. The van der Waals surface area contributed by atoms with Gasteiger partial charge in [0.1, 0.15) is 5.82 Å². The van der Waals surface area contributed by atoms with Crippen LogP contribution in [0.5, 0.6) is 0 Å². The average Bonchev–Trinajstić information content (AvgIpc) is 2.45. The van der Waals surface area contributed by atoms with Gasteiger partial charge in [-0.05, 0) is 43.5 Å². The molecule has 118 valence electrons. The highest BCUT2D eigenvalue weighted by molar-refractivity contribution is 9.09. The third-order valence-corrected chi connectivity index (χ3v) is 6.48. The molecule has 1 saturated carbocycles. The predicted molar refractivity (Wildman–Crippen MR) is 85.7 cm³/mol.